The molecule has 0 N–H and O–H groups in total. The van der Waals surface area contributed by atoms with Crippen molar-refractivity contribution in [3.05, 3.63) is 17.5 Å². The fourth-order valence-electron chi connectivity index (χ4n) is 2.10. The van der Waals surface area contributed by atoms with E-state index in [2.05, 4.69) is 54.9 Å². The van der Waals surface area contributed by atoms with E-state index in [9.17, 15) is 0 Å². The maximum atomic E-state index is 4.50. The molecule has 2 nitrogen and oxygen atoms in total. The van der Waals surface area contributed by atoms with E-state index in [1.807, 2.05) is 4.68 Å². The van der Waals surface area contributed by atoms with Crippen molar-refractivity contribution in [2.24, 2.45) is 18.9 Å². The van der Waals surface area contributed by atoms with Gasteiger partial charge in [-0.3, -0.25) is 4.68 Å². The number of hydrogen-bond acceptors (Lipinski definition) is 1. The van der Waals surface area contributed by atoms with Crippen LogP contribution in [0.1, 0.15) is 38.6 Å². The average molecular weight is 287 g/mol. The van der Waals surface area contributed by atoms with Gasteiger partial charge in [0, 0.05) is 18.1 Å². The predicted octanol–water partition coefficient (Wildman–Crippen LogP) is 3.58. The predicted molar refractivity (Wildman–Crippen MR) is 73.0 cm³/mol. The second kappa shape index (κ2) is 6.43. The lowest BCUT2D eigenvalue weighted by atomic mass is 9.94. The number of nitrogens with zero attached hydrogens (tertiary/aromatic N) is 2. The van der Waals surface area contributed by atoms with Crippen molar-refractivity contribution in [2.45, 2.75) is 40.0 Å². The van der Waals surface area contributed by atoms with Gasteiger partial charge in [0.25, 0.3) is 0 Å². The van der Waals surface area contributed by atoms with Crippen LogP contribution in [0.4, 0.5) is 0 Å². The molecule has 92 valence electrons. The maximum absolute atomic E-state index is 4.50. The summed E-state index contributed by atoms with van der Waals surface area (Å²) >= 11 is 3.62. The van der Waals surface area contributed by atoms with E-state index in [-0.39, 0.29) is 0 Å². The van der Waals surface area contributed by atoms with Crippen LogP contribution in [0.25, 0.3) is 0 Å². The fraction of sp³-hybridized carbons (Fsp3) is 0.769. The van der Waals surface area contributed by atoms with Crippen LogP contribution in [0, 0.1) is 11.8 Å². The van der Waals surface area contributed by atoms with Gasteiger partial charge in [0.1, 0.15) is 0 Å². The lowest BCUT2D eigenvalue weighted by molar-refractivity contribution is 0.435. The SMILES string of the molecule is CCc1cc(CC(CBr)CC(C)C)n(C)n1. The molecule has 0 saturated heterocycles. The Balaban J connectivity index is 2.65. The normalized spacial score (nSPS) is 13.4. The summed E-state index contributed by atoms with van der Waals surface area (Å²) in [7, 11) is 2.05. The highest BCUT2D eigenvalue weighted by molar-refractivity contribution is 9.09. The van der Waals surface area contributed by atoms with E-state index in [1.165, 1.54) is 17.8 Å². The maximum Gasteiger partial charge on any atom is 0.0624 e. The van der Waals surface area contributed by atoms with Gasteiger partial charge in [0.15, 0.2) is 0 Å². The zero-order chi connectivity index (χ0) is 12.1. The molecule has 0 bridgehead atoms. The van der Waals surface area contributed by atoms with Gasteiger partial charge in [0.05, 0.1) is 5.69 Å². The lowest BCUT2D eigenvalue weighted by Crippen LogP contribution is -2.12. The summed E-state index contributed by atoms with van der Waals surface area (Å²) in [6, 6.07) is 2.25. The van der Waals surface area contributed by atoms with Crippen LogP contribution in [-0.4, -0.2) is 15.1 Å². The first-order valence-electron chi connectivity index (χ1n) is 6.14. The lowest BCUT2D eigenvalue weighted by Gasteiger charge is -2.16. The minimum atomic E-state index is 0.722. The Bertz CT molecular complexity index is 318. The quantitative estimate of drug-likeness (QED) is 0.731. The molecule has 0 aliphatic heterocycles. The molecule has 0 radical (unpaired) electrons. The molecule has 0 aliphatic rings. The Morgan fingerprint density at radius 2 is 2.12 bits per heavy atom. The first-order valence-corrected chi connectivity index (χ1v) is 7.26. The topological polar surface area (TPSA) is 17.8 Å². The summed E-state index contributed by atoms with van der Waals surface area (Å²) < 4.78 is 2.04. The second-order valence-corrected chi connectivity index (χ2v) is 5.61. The molecule has 0 fully saturated rings. The molecule has 1 aromatic heterocycles. The molecule has 1 heterocycles. The third kappa shape index (κ3) is 3.93. The Labute approximate surface area is 108 Å². The standard InChI is InChI=1S/C13H23BrN2/c1-5-12-8-13(16(4)15-12)7-11(9-14)6-10(2)3/h8,10-11H,5-7,9H2,1-4H3. The summed E-state index contributed by atoms with van der Waals surface area (Å²) in [5, 5.41) is 5.58. The van der Waals surface area contributed by atoms with Crippen molar-refractivity contribution in [3.63, 3.8) is 0 Å². The van der Waals surface area contributed by atoms with Crippen molar-refractivity contribution in [1.82, 2.24) is 9.78 Å². The molecule has 1 rings (SSSR count). The highest BCUT2D eigenvalue weighted by atomic mass is 79.9. The number of halogens is 1. The van der Waals surface area contributed by atoms with Crippen LogP contribution in [0.5, 0.6) is 0 Å². The monoisotopic (exact) mass is 286 g/mol. The number of hydrogen-bond donors (Lipinski definition) is 0. The highest BCUT2D eigenvalue weighted by Gasteiger charge is 2.13. The second-order valence-electron chi connectivity index (χ2n) is 4.96. The Morgan fingerprint density at radius 1 is 1.44 bits per heavy atom. The first-order chi connectivity index (χ1) is 7.56. The zero-order valence-electron chi connectivity index (χ0n) is 10.8. The van der Waals surface area contributed by atoms with E-state index >= 15 is 0 Å². The zero-order valence-corrected chi connectivity index (χ0v) is 12.4. The summed E-state index contributed by atoms with van der Waals surface area (Å²) in [5.74, 6) is 1.49. The molecular formula is C13H23BrN2. The van der Waals surface area contributed by atoms with E-state index in [0.717, 1.165) is 30.0 Å². The Hall–Kier alpha value is -0.310. The number of aryl methyl sites for hydroxylation is 2. The molecule has 0 amide bonds. The summed E-state index contributed by atoms with van der Waals surface area (Å²) in [5.41, 5.74) is 2.57. The molecule has 16 heavy (non-hydrogen) atoms. The average Bonchev–Trinajstić information content (AvgIpc) is 2.58. The van der Waals surface area contributed by atoms with Crippen molar-refractivity contribution in [1.29, 1.82) is 0 Å². The van der Waals surface area contributed by atoms with E-state index in [1.54, 1.807) is 0 Å². The van der Waals surface area contributed by atoms with Crippen LogP contribution in [0.2, 0.25) is 0 Å². The van der Waals surface area contributed by atoms with Gasteiger partial charge in [-0.25, -0.2) is 0 Å². The van der Waals surface area contributed by atoms with Gasteiger partial charge in [-0.2, -0.15) is 5.10 Å². The van der Waals surface area contributed by atoms with Crippen molar-refractivity contribution in [3.8, 4) is 0 Å². The molecule has 0 aliphatic carbocycles. The van der Waals surface area contributed by atoms with Crippen molar-refractivity contribution >= 4 is 15.9 Å². The van der Waals surface area contributed by atoms with Crippen LogP contribution < -0.4 is 0 Å². The minimum Gasteiger partial charge on any atom is -0.272 e. The van der Waals surface area contributed by atoms with Crippen LogP contribution >= 0.6 is 15.9 Å². The van der Waals surface area contributed by atoms with Gasteiger partial charge in [-0.05, 0) is 37.2 Å². The molecule has 0 spiro atoms. The van der Waals surface area contributed by atoms with Gasteiger partial charge >= 0.3 is 0 Å². The molecule has 0 saturated carbocycles. The molecule has 3 heteroatoms. The molecule has 1 aromatic rings. The third-order valence-corrected chi connectivity index (χ3v) is 3.83. The van der Waals surface area contributed by atoms with Gasteiger partial charge in [-0.1, -0.05) is 36.7 Å². The van der Waals surface area contributed by atoms with Crippen LogP contribution in [0.15, 0.2) is 6.07 Å². The fourth-order valence-corrected chi connectivity index (χ4v) is 2.59. The highest BCUT2D eigenvalue weighted by Crippen LogP contribution is 2.19. The van der Waals surface area contributed by atoms with E-state index in [0.29, 0.717) is 0 Å². The van der Waals surface area contributed by atoms with Crippen molar-refractivity contribution in [2.75, 3.05) is 5.33 Å². The van der Waals surface area contributed by atoms with E-state index in [4.69, 9.17) is 0 Å². The summed E-state index contributed by atoms with van der Waals surface area (Å²) in [6.45, 7) is 6.73. The molecule has 1 unspecified atom stereocenters. The van der Waals surface area contributed by atoms with Crippen molar-refractivity contribution < 1.29 is 0 Å². The van der Waals surface area contributed by atoms with Gasteiger partial charge in [0.2, 0.25) is 0 Å². The third-order valence-electron chi connectivity index (χ3n) is 2.91. The molecule has 0 aromatic carbocycles. The van der Waals surface area contributed by atoms with Crippen LogP contribution in [-0.2, 0) is 19.9 Å². The minimum absolute atomic E-state index is 0.722. The van der Waals surface area contributed by atoms with Crippen LogP contribution in [0.3, 0.4) is 0 Å². The first kappa shape index (κ1) is 13.8. The number of aromatic nitrogens is 2. The van der Waals surface area contributed by atoms with Gasteiger partial charge in [-0.15, -0.1) is 0 Å². The molecular weight excluding hydrogens is 264 g/mol. The summed E-state index contributed by atoms with van der Waals surface area (Å²) in [4.78, 5) is 0. The smallest absolute Gasteiger partial charge is 0.0624 e. The summed E-state index contributed by atoms with van der Waals surface area (Å²) in [6.07, 6.45) is 3.43. The molecule has 1 atom stereocenters. The number of alkyl halides is 1. The number of rotatable bonds is 6. The van der Waals surface area contributed by atoms with E-state index < -0.39 is 0 Å². The Kier molecular flexibility index (Phi) is 5.53. The Morgan fingerprint density at radius 3 is 2.56 bits per heavy atom. The van der Waals surface area contributed by atoms with Gasteiger partial charge < -0.3 is 0 Å². The largest absolute Gasteiger partial charge is 0.272 e.